The molecule has 0 radical (unpaired) electrons. The Morgan fingerprint density at radius 2 is 2.06 bits per heavy atom. The average molecular weight is 273 g/mol. The molecule has 0 bridgehead atoms. The molecule has 1 fully saturated rings. The third-order valence-electron chi connectivity index (χ3n) is 2.73. The summed E-state index contributed by atoms with van der Waals surface area (Å²) in [5, 5.41) is 9.11. The molecular formula is C11H15NO3S2. The molecule has 2 rings (SSSR count). The summed E-state index contributed by atoms with van der Waals surface area (Å²) < 4.78 is 26.4. The summed E-state index contributed by atoms with van der Waals surface area (Å²) in [6.45, 7) is 0.496. The minimum Gasteiger partial charge on any atom is -0.508 e. The fourth-order valence-corrected chi connectivity index (χ4v) is 4.08. The van der Waals surface area contributed by atoms with Crippen molar-refractivity contribution in [1.82, 2.24) is 4.72 Å². The van der Waals surface area contributed by atoms with Crippen LogP contribution in [0.4, 0.5) is 0 Å². The highest BCUT2D eigenvalue weighted by molar-refractivity contribution is 7.99. The minimum atomic E-state index is -3.43. The van der Waals surface area contributed by atoms with Crippen LogP contribution in [-0.4, -0.2) is 31.6 Å². The van der Waals surface area contributed by atoms with E-state index >= 15 is 0 Å². The van der Waals surface area contributed by atoms with Crippen LogP contribution in [-0.2, 0) is 10.0 Å². The van der Waals surface area contributed by atoms with Crippen LogP contribution in [0.25, 0.3) is 0 Å². The van der Waals surface area contributed by atoms with Gasteiger partial charge in [-0.3, -0.25) is 0 Å². The van der Waals surface area contributed by atoms with Gasteiger partial charge in [0.15, 0.2) is 0 Å². The van der Waals surface area contributed by atoms with Crippen molar-refractivity contribution in [2.45, 2.75) is 11.3 Å². The fraction of sp³-hybridized carbons (Fsp3) is 0.455. The van der Waals surface area contributed by atoms with E-state index in [1.165, 1.54) is 24.3 Å². The zero-order chi connectivity index (χ0) is 12.3. The van der Waals surface area contributed by atoms with E-state index in [-0.39, 0.29) is 10.6 Å². The van der Waals surface area contributed by atoms with E-state index in [1.54, 1.807) is 0 Å². The van der Waals surface area contributed by atoms with Crippen LogP contribution in [0.2, 0.25) is 0 Å². The third-order valence-corrected chi connectivity index (χ3v) is 5.40. The minimum absolute atomic E-state index is 0.0659. The smallest absolute Gasteiger partial charge is 0.240 e. The number of thioether (sulfide) groups is 1. The van der Waals surface area contributed by atoms with Crippen LogP contribution in [0.15, 0.2) is 29.2 Å². The lowest BCUT2D eigenvalue weighted by atomic mass is 10.1. The molecule has 0 aromatic heterocycles. The summed E-state index contributed by atoms with van der Waals surface area (Å²) in [4.78, 5) is 0.195. The Morgan fingerprint density at radius 3 is 2.65 bits per heavy atom. The molecule has 6 heteroatoms. The first-order valence-corrected chi connectivity index (χ1v) is 8.08. The predicted molar refractivity (Wildman–Crippen MR) is 68.7 cm³/mol. The molecule has 0 spiro atoms. The highest BCUT2D eigenvalue weighted by Gasteiger charge is 2.19. The van der Waals surface area contributed by atoms with Gasteiger partial charge in [-0.1, -0.05) is 0 Å². The van der Waals surface area contributed by atoms with E-state index in [4.69, 9.17) is 5.11 Å². The first kappa shape index (κ1) is 12.7. The quantitative estimate of drug-likeness (QED) is 0.871. The molecule has 4 nitrogen and oxygen atoms in total. The van der Waals surface area contributed by atoms with Gasteiger partial charge >= 0.3 is 0 Å². The molecule has 2 N–H and O–H groups in total. The number of sulfonamides is 1. The largest absolute Gasteiger partial charge is 0.508 e. The second kappa shape index (κ2) is 5.29. The molecule has 0 saturated carbocycles. The van der Waals surface area contributed by atoms with Gasteiger partial charge in [0.05, 0.1) is 4.90 Å². The van der Waals surface area contributed by atoms with Crippen molar-refractivity contribution in [3.05, 3.63) is 24.3 Å². The highest BCUT2D eigenvalue weighted by Crippen LogP contribution is 2.23. The average Bonchev–Trinajstić information content (AvgIpc) is 2.80. The van der Waals surface area contributed by atoms with Crippen molar-refractivity contribution < 1.29 is 13.5 Å². The first-order valence-electron chi connectivity index (χ1n) is 5.44. The molecule has 1 aromatic rings. The van der Waals surface area contributed by atoms with E-state index in [0.717, 1.165) is 17.9 Å². The maximum absolute atomic E-state index is 11.9. The van der Waals surface area contributed by atoms with Gasteiger partial charge in [-0.25, -0.2) is 13.1 Å². The second-order valence-corrected chi connectivity index (χ2v) is 6.99. The number of phenolic OH excluding ortho intramolecular Hbond substituents is 1. The summed E-state index contributed by atoms with van der Waals surface area (Å²) in [6.07, 6.45) is 1.07. The fourth-order valence-electron chi connectivity index (χ4n) is 1.68. The molecule has 0 aliphatic carbocycles. The molecule has 17 heavy (non-hydrogen) atoms. The molecule has 1 saturated heterocycles. The SMILES string of the molecule is O=S(=O)(NCC1CCSC1)c1ccc(O)cc1. The lowest BCUT2D eigenvalue weighted by Gasteiger charge is -2.10. The summed E-state index contributed by atoms with van der Waals surface area (Å²) in [7, 11) is -3.43. The standard InChI is InChI=1S/C11H15NO3S2/c13-10-1-3-11(4-2-10)17(14,15)12-7-9-5-6-16-8-9/h1-4,9,12-13H,5-8H2. The Morgan fingerprint density at radius 1 is 1.35 bits per heavy atom. The molecule has 1 aromatic carbocycles. The Bertz CT molecular complexity index is 464. The Hall–Kier alpha value is -0.720. The van der Waals surface area contributed by atoms with Crippen molar-refractivity contribution in [3.8, 4) is 5.75 Å². The maximum Gasteiger partial charge on any atom is 0.240 e. The van der Waals surface area contributed by atoms with E-state index < -0.39 is 10.0 Å². The molecule has 1 heterocycles. The number of nitrogens with one attached hydrogen (secondary N) is 1. The van der Waals surface area contributed by atoms with Gasteiger partial charge < -0.3 is 5.11 Å². The van der Waals surface area contributed by atoms with Crippen LogP contribution in [0, 0.1) is 5.92 Å². The van der Waals surface area contributed by atoms with Gasteiger partial charge in [-0.15, -0.1) is 0 Å². The topological polar surface area (TPSA) is 66.4 Å². The number of hydrogen-bond acceptors (Lipinski definition) is 4. The van der Waals surface area contributed by atoms with Crippen LogP contribution in [0.5, 0.6) is 5.75 Å². The van der Waals surface area contributed by atoms with E-state index in [2.05, 4.69) is 4.72 Å². The number of aromatic hydroxyl groups is 1. The van der Waals surface area contributed by atoms with Crippen molar-refractivity contribution >= 4 is 21.8 Å². The van der Waals surface area contributed by atoms with Crippen molar-refractivity contribution in [1.29, 1.82) is 0 Å². The number of benzene rings is 1. The van der Waals surface area contributed by atoms with E-state index in [1.807, 2.05) is 11.8 Å². The second-order valence-electron chi connectivity index (χ2n) is 4.08. The van der Waals surface area contributed by atoms with Gasteiger partial charge in [0.25, 0.3) is 0 Å². The Balaban J connectivity index is 2.00. The van der Waals surface area contributed by atoms with Gasteiger partial charge in [0.2, 0.25) is 10.0 Å². The normalized spacial score (nSPS) is 20.6. The third kappa shape index (κ3) is 3.37. The zero-order valence-corrected chi connectivity index (χ0v) is 10.9. The van der Waals surface area contributed by atoms with E-state index in [9.17, 15) is 8.42 Å². The van der Waals surface area contributed by atoms with Gasteiger partial charge in [0.1, 0.15) is 5.75 Å². The Labute approximate surface area is 105 Å². The Kier molecular flexibility index (Phi) is 3.96. The van der Waals surface area contributed by atoms with Crippen LogP contribution in [0.3, 0.4) is 0 Å². The summed E-state index contributed by atoms with van der Waals surface area (Å²) >= 11 is 1.86. The van der Waals surface area contributed by atoms with Gasteiger partial charge in [0, 0.05) is 6.54 Å². The van der Waals surface area contributed by atoms with Crippen LogP contribution < -0.4 is 4.72 Å². The molecule has 1 atom stereocenters. The molecule has 1 aliphatic rings. The predicted octanol–water partition coefficient (Wildman–Crippen LogP) is 1.42. The number of phenols is 1. The van der Waals surface area contributed by atoms with Crippen LogP contribution >= 0.6 is 11.8 Å². The number of hydrogen-bond donors (Lipinski definition) is 2. The lowest BCUT2D eigenvalue weighted by molar-refractivity contribution is 0.474. The van der Waals surface area contributed by atoms with Gasteiger partial charge in [-0.2, -0.15) is 11.8 Å². The maximum atomic E-state index is 11.9. The lowest BCUT2D eigenvalue weighted by Crippen LogP contribution is -2.29. The monoisotopic (exact) mass is 273 g/mol. The molecule has 1 unspecified atom stereocenters. The molecule has 94 valence electrons. The molecular weight excluding hydrogens is 258 g/mol. The first-order chi connectivity index (χ1) is 8.08. The van der Waals surface area contributed by atoms with E-state index in [0.29, 0.717) is 12.5 Å². The number of rotatable bonds is 4. The summed E-state index contributed by atoms with van der Waals surface area (Å²) in [5.41, 5.74) is 0. The molecule has 0 amide bonds. The summed E-state index contributed by atoms with van der Waals surface area (Å²) in [6, 6.07) is 5.56. The zero-order valence-electron chi connectivity index (χ0n) is 9.30. The highest BCUT2D eigenvalue weighted by atomic mass is 32.2. The molecule has 1 aliphatic heterocycles. The summed E-state index contributed by atoms with van der Waals surface area (Å²) in [5.74, 6) is 2.65. The van der Waals surface area contributed by atoms with Crippen molar-refractivity contribution in [2.75, 3.05) is 18.1 Å². The van der Waals surface area contributed by atoms with Crippen LogP contribution in [0.1, 0.15) is 6.42 Å². The van der Waals surface area contributed by atoms with Crippen molar-refractivity contribution in [3.63, 3.8) is 0 Å². The van der Waals surface area contributed by atoms with Gasteiger partial charge in [-0.05, 0) is 48.1 Å². The van der Waals surface area contributed by atoms with Crippen molar-refractivity contribution in [2.24, 2.45) is 5.92 Å².